The fourth-order valence-corrected chi connectivity index (χ4v) is 10.9. The fraction of sp³-hybridized carbons (Fsp3) is 0.433. The van der Waals surface area contributed by atoms with Gasteiger partial charge in [0, 0.05) is 76.4 Å². The van der Waals surface area contributed by atoms with Crippen LogP contribution in [0.5, 0.6) is 0 Å². The first kappa shape index (κ1) is 61.5. The van der Waals surface area contributed by atoms with E-state index < -0.39 is 46.1 Å². The molecular formula is C60H71BrF4N6O8. The molecule has 0 aliphatic carbocycles. The zero-order chi connectivity index (χ0) is 56.7. The van der Waals surface area contributed by atoms with Gasteiger partial charge in [0.25, 0.3) is 0 Å². The number of hydrogen-bond acceptors (Lipinski definition) is 8. The van der Waals surface area contributed by atoms with E-state index in [4.69, 9.17) is 5.11 Å². The number of likely N-dealkylation sites (tertiary alicyclic amines) is 3. The molecule has 8 rings (SSSR count). The third-order valence-corrected chi connectivity index (χ3v) is 15.9. The molecule has 0 radical (unpaired) electrons. The molecule has 0 saturated carbocycles. The van der Waals surface area contributed by atoms with Crippen molar-refractivity contribution in [3.63, 3.8) is 0 Å². The quantitative estimate of drug-likeness (QED) is 0.0388. The Bertz CT molecular complexity index is 2650. The van der Waals surface area contributed by atoms with Crippen molar-refractivity contribution >= 4 is 63.6 Å². The van der Waals surface area contributed by atoms with E-state index in [0.717, 1.165) is 86.3 Å². The first-order chi connectivity index (χ1) is 38.0. The Kier molecular flexibility index (Phi) is 24.7. The first-order valence-corrected chi connectivity index (χ1v) is 27.9. The monoisotopic (exact) mass is 1160 g/mol. The van der Waals surface area contributed by atoms with E-state index in [1.165, 1.54) is 24.3 Å². The molecule has 14 nitrogen and oxygen atoms in total. The smallest absolute Gasteiger partial charge is 0.321 e. The number of alkyl halides is 1. The van der Waals surface area contributed by atoms with Crippen LogP contribution in [-0.2, 0) is 41.9 Å². The van der Waals surface area contributed by atoms with Crippen LogP contribution in [0.25, 0.3) is 12.2 Å². The minimum absolute atomic E-state index is 0.0145. The average Bonchev–Trinajstić information content (AvgIpc) is 3.44. The number of carbonyl (C=O) groups excluding carboxylic acids is 4. The number of carboxylic acids is 2. The molecule has 79 heavy (non-hydrogen) atoms. The predicted octanol–water partition coefficient (Wildman–Crippen LogP) is 8.85. The van der Waals surface area contributed by atoms with Crippen LogP contribution in [0.1, 0.15) is 86.5 Å². The number of nitrogens with one attached hydrogen (secondary N) is 3. The molecule has 4 fully saturated rings. The van der Waals surface area contributed by atoms with Crippen LogP contribution in [0, 0.1) is 46.9 Å². The van der Waals surface area contributed by atoms with Gasteiger partial charge in [0.2, 0.25) is 23.6 Å². The van der Waals surface area contributed by atoms with Crippen molar-refractivity contribution < 1.29 is 56.5 Å². The SMILES string of the molecule is O=C(CC1CCN(C(C(=O)O)C2CCN(C(=O)/C=C/c3cc(F)cc(F)c3)CC2)CC1)NCc1ccccc1.O=C(CC1CCNCC1)NCc1ccccc1.O=C(O)C(Br)C1CCN(C(=O)/C=C/c2cc(F)cc(F)c2)CC1. The number of carbonyl (C=O) groups is 6. The minimum atomic E-state index is -0.900. The van der Waals surface area contributed by atoms with Gasteiger partial charge in [0.1, 0.15) is 34.1 Å². The number of halogens is 5. The lowest BCUT2D eigenvalue weighted by Crippen LogP contribution is -2.52. The molecule has 424 valence electrons. The van der Waals surface area contributed by atoms with E-state index in [2.05, 4.69) is 31.9 Å². The van der Waals surface area contributed by atoms with Gasteiger partial charge in [-0.2, -0.15) is 0 Å². The van der Waals surface area contributed by atoms with Gasteiger partial charge in [-0.25, -0.2) is 17.6 Å². The zero-order valence-corrected chi connectivity index (χ0v) is 45.8. The summed E-state index contributed by atoms with van der Waals surface area (Å²) in [5.74, 6) is -4.21. The number of benzene rings is 4. The summed E-state index contributed by atoms with van der Waals surface area (Å²) in [6.45, 7) is 6.26. The second-order valence-corrected chi connectivity index (χ2v) is 21.5. The van der Waals surface area contributed by atoms with Crippen molar-refractivity contribution in [2.45, 2.75) is 88.2 Å². The van der Waals surface area contributed by atoms with Crippen molar-refractivity contribution in [3.8, 4) is 0 Å². The van der Waals surface area contributed by atoms with Crippen molar-refractivity contribution in [3.05, 3.63) is 155 Å². The van der Waals surface area contributed by atoms with E-state index in [9.17, 15) is 51.4 Å². The normalized spacial score (nSPS) is 17.7. The number of aliphatic carboxylic acids is 2. The molecule has 0 spiro atoms. The van der Waals surface area contributed by atoms with Crippen LogP contribution >= 0.6 is 15.9 Å². The second kappa shape index (κ2) is 31.8. The molecule has 4 saturated heterocycles. The van der Waals surface area contributed by atoms with E-state index in [1.54, 1.807) is 9.80 Å². The Morgan fingerprint density at radius 3 is 1.33 bits per heavy atom. The summed E-state index contributed by atoms with van der Waals surface area (Å²) in [7, 11) is 0. The highest BCUT2D eigenvalue weighted by Crippen LogP contribution is 2.30. The van der Waals surface area contributed by atoms with E-state index in [1.807, 2.05) is 65.6 Å². The zero-order valence-electron chi connectivity index (χ0n) is 44.2. The third kappa shape index (κ3) is 21.1. The van der Waals surface area contributed by atoms with Gasteiger partial charge in [-0.15, -0.1) is 0 Å². The molecule has 4 aliphatic rings. The number of carboxylic acid groups (broad SMARTS) is 2. The van der Waals surface area contributed by atoms with Gasteiger partial charge >= 0.3 is 11.9 Å². The van der Waals surface area contributed by atoms with Crippen molar-refractivity contribution in [1.29, 1.82) is 0 Å². The first-order valence-electron chi connectivity index (χ1n) is 27.0. The Hall–Kier alpha value is -6.70. The van der Waals surface area contributed by atoms with Crippen LogP contribution < -0.4 is 16.0 Å². The lowest BCUT2D eigenvalue weighted by Gasteiger charge is -2.41. The summed E-state index contributed by atoms with van der Waals surface area (Å²) in [5.41, 5.74) is 2.75. The van der Waals surface area contributed by atoms with E-state index >= 15 is 0 Å². The molecule has 4 heterocycles. The fourth-order valence-electron chi connectivity index (χ4n) is 10.4. The molecule has 19 heteroatoms. The maximum atomic E-state index is 13.4. The Morgan fingerprint density at radius 2 is 0.937 bits per heavy atom. The predicted molar refractivity (Wildman–Crippen MR) is 297 cm³/mol. The summed E-state index contributed by atoms with van der Waals surface area (Å²) in [5, 5.41) is 28.3. The van der Waals surface area contributed by atoms with Gasteiger partial charge in [-0.3, -0.25) is 33.7 Å². The molecular weight excluding hydrogens is 1090 g/mol. The lowest BCUT2D eigenvalue weighted by atomic mass is 9.85. The largest absolute Gasteiger partial charge is 0.480 e. The Labute approximate surface area is 467 Å². The topological polar surface area (TPSA) is 189 Å². The molecule has 4 aromatic carbocycles. The summed E-state index contributed by atoms with van der Waals surface area (Å²) in [6, 6.07) is 25.3. The number of nitrogens with zero attached hydrogens (tertiary/aromatic N) is 3. The number of hydrogen-bond donors (Lipinski definition) is 5. The van der Waals surface area contributed by atoms with Crippen LogP contribution in [0.4, 0.5) is 17.6 Å². The van der Waals surface area contributed by atoms with E-state index in [0.29, 0.717) is 96.8 Å². The summed E-state index contributed by atoms with van der Waals surface area (Å²) >= 11 is 3.15. The van der Waals surface area contributed by atoms with E-state index in [-0.39, 0.29) is 52.5 Å². The molecule has 5 N–H and O–H groups in total. The molecule has 4 aliphatic heterocycles. The summed E-state index contributed by atoms with van der Waals surface area (Å²) in [6.07, 6.45) is 12.5. The van der Waals surface area contributed by atoms with Gasteiger partial charge in [-0.1, -0.05) is 76.6 Å². The van der Waals surface area contributed by atoms with Crippen molar-refractivity contribution in [2.24, 2.45) is 23.7 Å². The number of rotatable bonds is 17. The number of amides is 4. The van der Waals surface area contributed by atoms with Crippen LogP contribution in [0.3, 0.4) is 0 Å². The molecule has 2 atom stereocenters. The van der Waals surface area contributed by atoms with Gasteiger partial charge in [-0.05, 0) is 160 Å². The van der Waals surface area contributed by atoms with Gasteiger partial charge in [0.05, 0.1) is 0 Å². The van der Waals surface area contributed by atoms with Gasteiger partial charge < -0.3 is 36.0 Å². The lowest BCUT2D eigenvalue weighted by molar-refractivity contribution is -0.148. The minimum Gasteiger partial charge on any atom is -0.480 e. The molecule has 0 aromatic heterocycles. The van der Waals surface area contributed by atoms with Crippen molar-refractivity contribution in [2.75, 3.05) is 52.4 Å². The van der Waals surface area contributed by atoms with Crippen LogP contribution in [0.15, 0.2) is 109 Å². The Balaban J connectivity index is 0.000000212. The summed E-state index contributed by atoms with van der Waals surface area (Å²) in [4.78, 5) is 76.7. The molecule has 4 aromatic rings. The third-order valence-electron chi connectivity index (χ3n) is 14.8. The second-order valence-electron chi connectivity index (χ2n) is 20.5. The standard InChI is InChI=1S/C30H35F2N3O4.C16H16BrF2NO3.C14H20N2O/c31-25-16-23(17-26(32)19-25)6-7-28(37)34-14-10-24(11-15-34)29(30(38)39)35-12-8-21(9-13-35)18-27(36)33-20-22-4-2-1-3-5-22;17-15(16(22)23)11-3-5-20(6-4-11)14(21)2-1-10-7-12(18)9-13(19)8-10;17-14(10-12-6-8-15-9-7-12)16-11-13-4-2-1-3-5-13/h1-7,16-17,19,21,24,29H,8-15,18,20H2,(H,33,36)(H,38,39);1-2,7-9,11,15H,3-6H2,(H,22,23);1-5,12,15H,6-11H2,(H,16,17)/b7-6+;2-1+;. The van der Waals surface area contributed by atoms with Crippen LogP contribution in [0.2, 0.25) is 0 Å². The maximum Gasteiger partial charge on any atom is 0.321 e. The molecule has 0 bridgehead atoms. The summed E-state index contributed by atoms with van der Waals surface area (Å²) < 4.78 is 52.9. The number of piperidine rings is 4. The highest BCUT2D eigenvalue weighted by atomic mass is 79.9. The maximum absolute atomic E-state index is 13.4. The van der Waals surface area contributed by atoms with Crippen LogP contribution in [-0.4, -0.2) is 124 Å². The Morgan fingerprint density at radius 1 is 0.544 bits per heavy atom. The van der Waals surface area contributed by atoms with Crippen molar-refractivity contribution in [1.82, 2.24) is 30.7 Å². The molecule has 4 amide bonds. The van der Waals surface area contributed by atoms with Gasteiger partial charge in [0.15, 0.2) is 0 Å². The average molecular weight is 1160 g/mol. The molecule has 2 unspecified atom stereocenters. The highest BCUT2D eigenvalue weighted by Gasteiger charge is 2.38. The highest BCUT2D eigenvalue weighted by molar-refractivity contribution is 9.10.